The summed E-state index contributed by atoms with van der Waals surface area (Å²) in [7, 11) is -6.20. The van der Waals surface area contributed by atoms with Crippen LogP contribution in [0.5, 0.6) is 5.75 Å². The van der Waals surface area contributed by atoms with Gasteiger partial charge >= 0.3 is 0 Å². The van der Waals surface area contributed by atoms with Crippen molar-refractivity contribution in [2.45, 2.75) is 63.3 Å². The first kappa shape index (κ1) is 32.4. The van der Waals surface area contributed by atoms with E-state index in [2.05, 4.69) is 82.3 Å². The Morgan fingerprint density at radius 2 is 1.52 bits per heavy atom. The minimum absolute atomic E-state index is 0.0288. The summed E-state index contributed by atoms with van der Waals surface area (Å²) >= 11 is 0. The maximum atomic E-state index is 13.5. The normalized spacial score (nSPS) is 20.0. The predicted molar refractivity (Wildman–Crippen MR) is 191 cm³/mol. The molecular formula is C39H44O5SSi. The lowest BCUT2D eigenvalue weighted by molar-refractivity contribution is 0.117. The van der Waals surface area contributed by atoms with Crippen molar-refractivity contribution in [2.75, 3.05) is 19.0 Å². The summed E-state index contributed by atoms with van der Waals surface area (Å²) in [6, 6.07) is 32.5. The van der Waals surface area contributed by atoms with E-state index in [0.29, 0.717) is 6.42 Å². The molecule has 4 aromatic carbocycles. The Balaban J connectivity index is 1.31. The van der Waals surface area contributed by atoms with Gasteiger partial charge in [-0.05, 0) is 62.8 Å². The molecule has 2 heterocycles. The average Bonchev–Trinajstić information content (AvgIpc) is 3.60. The molecule has 1 N–H and O–H groups in total. The summed E-state index contributed by atoms with van der Waals surface area (Å²) in [5.74, 6) is 0.305. The molecule has 0 unspecified atom stereocenters. The number of phenolic OH excluding ortho intramolecular Hbond substituents is 1. The topological polar surface area (TPSA) is 72.8 Å². The molecule has 0 saturated carbocycles. The molecule has 5 nitrogen and oxygen atoms in total. The molecule has 1 fully saturated rings. The third-order valence-electron chi connectivity index (χ3n) is 9.72. The maximum absolute atomic E-state index is 13.5. The molecular weight excluding hydrogens is 609 g/mol. The zero-order valence-corrected chi connectivity index (χ0v) is 29.0. The standard InChI is InChI=1S/C39H44O5SSi/c1-5-28(24-29-21-22-35(40)34-19-13-12-18-33(29)34)20-23-36-38-30(27-45(41,42)37(38)26-43-36)25-44-46(39(2,3)4,31-14-8-6-9-15-31)32-16-10-7-11-17-32/h6-19,21-22,24,36-37,40H,5,20,23,25-27H2,1-4H3/b28-24+/t36-,37+/m1/s1. The van der Waals surface area contributed by atoms with E-state index in [9.17, 15) is 13.5 Å². The highest BCUT2D eigenvalue weighted by Gasteiger charge is 2.52. The lowest BCUT2D eigenvalue weighted by atomic mass is 9.95. The Kier molecular flexibility index (Phi) is 9.14. The van der Waals surface area contributed by atoms with Gasteiger partial charge in [0.1, 0.15) is 11.0 Å². The fourth-order valence-electron chi connectivity index (χ4n) is 7.41. The van der Waals surface area contributed by atoms with Gasteiger partial charge in [0.05, 0.1) is 25.1 Å². The highest BCUT2D eigenvalue weighted by atomic mass is 32.2. The number of ether oxygens (including phenoxy) is 1. The van der Waals surface area contributed by atoms with Crippen molar-refractivity contribution >= 4 is 45.4 Å². The van der Waals surface area contributed by atoms with Gasteiger partial charge in [-0.1, -0.05) is 130 Å². The molecule has 4 aromatic rings. The van der Waals surface area contributed by atoms with Crippen LogP contribution in [0.4, 0.5) is 0 Å². The first-order valence-electron chi connectivity index (χ1n) is 16.3. The van der Waals surface area contributed by atoms with Gasteiger partial charge in [-0.15, -0.1) is 0 Å². The molecule has 0 aromatic heterocycles. The molecule has 0 amide bonds. The summed E-state index contributed by atoms with van der Waals surface area (Å²) in [5.41, 5.74) is 4.11. The number of sulfone groups is 1. The number of allylic oxidation sites excluding steroid dienone is 1. The highest BCUT2D eigenvalue weighted by Crippen LogP contribution is 2.41. The van der Waals surface area contributed by atoms with Crippen molar-refractivity contribution in [2.24, 2.45) is 0 Å². The monoisotopic (exact) mass is 652 g/mol. The third-order valence-corrected chi connectivity index (χ3v) is 16.7. The van der Waals surface area contributed by atoms with E-state index in [1.165, 1.54) is 15.9 Å². The molecule has 0 aliphatic carbocycles. The quantitative estimate of drug-likeness (QED) is 0.145. The van der Waals surface area contributed by atoms with Crippen LogP contribution in [0, 0.1) is 0 Å². The molecule has 46 heavy (non-hydrogen) atoms. The first-order valence-corrected chi connectivity index (χ1v) is 19.9. The third kappa shape index (κ3) is 6.02. The Morgan fingerprint density at radius 1 is 0.913 bits per heavy atom. The molecule has 0 bridgehead atoms. The van der Waals surface area contributed by atoms with E-state index in [-0.39, 0.29) is 35.9 Å². The molecule has 2 aliphatic heterocycles. The van der Waals surface area contributed by atoms with Crippen LogP contribution in [0.1, 0.15) is 52.5 Å². The van der Waals surface area contributed by atoms with E-state index < -0.39 is 23.4 Å². The zero-order chi connectivity index (χ0) is 32.5. The van der Waals surface area contributed by atoms with Crippen LogP contribution in [0.2, 0.25) is 5.04 Å². The number of hydrogen-bond acceptors (Lipinski definition) is 5. The molecule has 6 rings (SSSR count). The smallest absolute Gasteiger partial charge is 0.261 e. The van der Waals surface area contributed by atoms with Crippen LogP contribution in [0.3, 0.4) is 0 Å². The van der Waals surface area contributed by atoms with Gasteiger partial charge in [0.15, 0.2) is 9.84 Å². The Labute approximate surface area is 274 Å². The molecule has 1 saturated heterocycles. The summed E-state index contributed by atoms with van der Waals surface area (Å²) in [6.07, 6.45) is 4.31. The van der Waals surface area contributed by atoms with Gasteiger partial charge in [0.25, 0.3) is 8.32 Å². The fraction of sp³-hybridized carbons (Fsp3) is 0.333. The van der Waals surface area contributed by atoms with Gasteiger partial charge in [-0.3, -0.25) is 0 Å². The Hall–Kier alpha value is -3.49. The molecule has 2 atom stereocenters. The minimum atomic E-state index is -3.36. The molecule has 7 heteroatoms. The maximum Gasteiger partial charge on any atom is 0.261 e. The van der Waals surface area contributed by atoms with Crippen molar-refractivity contribution in [1.29, 1.82) is 0 Å². The lowest BCUT2D eigenvalue weighted by Gasteiger charge is -2.43. The second-order valence-electron chi connectivity index (χ2n) is 13.5. The van der Waals surface area contributed by atoms with Crippen LogP contribution in [-0.2, 0) is 19.0 Å². The summed E-state index contributed by atoms with van der Waals surface area (Å²) in [5, 5.41) is 13.8. The minimum Gasteiger partial charge on any atom is -0.507 e. The van der Waals surface area contributed by atoms with Gasteiger partial charge < -0.3 is 14.3 Å². The van der Waals surface area contributed by atoms with Crippen molar-refractivity contribution in [1.82, 2.24) is 0 Å². The second kappa shape index (κ2) is 13.0. The first-order chi connectivity index (χ1) is 22.0. The van der Waals surface area contributed by atoms with Crippen LogP contribution < -0.4 is 10.4 Å². The number of benzene rings is 4. The van der Waals surface area contributed by atoms with Gasteiger partial charge in [0.2, 0.25) is 0 Å². The van der Waals surface area contributed by atoms with E-state index >= 15 is 0 Å². The van der Waals surface area contributed by atoms with Crippen LogP contribution >= 0.6 is 0 Å². The predicted octanol–water partition coefficient (Wildman–Crippen LogP) is 7.19. The number of hydrogen-bond donors (Lipinski definition) is 1. The number of phenols is 1. The summed E-state index contributed by atoms with van der Waals surface area (Å²) in [6.45, 7) is 9.34. The Bertz CT molecular complexity index is 1830. The number of rotatable bonds is 10. The average molecular weight is 653 g/mol. The highest BCUT2D eigenvalue weighted by molar-refractivity contribution is 7.92. The van der Waals surface area contributed by atoms with Crippen LogP contribution in [-0.4, -0.2) is 52.2 Å². The number of fused-ring (bicyclic) bond motifs is 2. The van der Waals surface area contributed by atoms with Crippen LogP contribution in [0.15, 0.2) is 114 Å². The van der Waals surface area contributed by atoms with E-state index in [0.717, 1.165) is 40.3 Å². The van der Waals surface area contributed by atoms with Crippen molar-refractivity contribution in [3.63, 3.8) is 0 Å². The van der Waals surface area contributed by atoms with Crippen molar-refractivity contribution in [3.05, 3.63) is 119 Å². The number of aromatic hydroxyl groups is 1. The SMILES string of the molecule is CC/C(=C\c1ccc(O)c2ccccc12)CC[C@H]1OC[C@H]2C1=C(CO[Si](c1ccccc1)(c1ccccc1)C(C)(C)C)CS2(=O)=O. The van der Waals surface area contributed by atoms with Crippen molar-refractivity contribution < 1.29 is 22.7 Å². The molecule has 240 valence electrons. The largest absolute Gasteiger partial charge is 0.507 e. The van der Waals surface area contributed by atoms with Gasteiger partial charge in [-0.2, -0.15) is 0 Å². The van der Waals surface area contributed by atoms with Crippen molar-refractivity contribution in [3.8, 4) is 5.75 Å². The zero-order valence-electron chi connectivity index (χ0n) is 27.2. The van der Waals surface area contributed by atoms with Gasteiger partial charge in [-0.25, -0.2) is 8.42 Å². The summed E-state index contributed by atoms with van der Waals surface area (Å²) < 4.78 is 40.4. The summed E-state index contributed by atoms with van der Waals surface area (Å²) in [4.78, 5) is 0. The fourth-order valence-corrected chi connectivity index (χ4v) is 13.9. The van der Waals surface area contributed by atoms with Crippen LogP contribution in [0.25, 0.3) is 16.8 Å². The van der Waals surface area contributed by atoms with E-state index in [1.54, 1.807) is 6.07 Å². The van der Waals surface area contributed by atoms with E-state index in [4.69, 9.17) is 9.16 Å². The second-order valence-corrected chi connectivity index (χ2v) is 20.0. The molecule has 2 aliphatic rings. The molecule has 0 spiro atoms. The Morgan fingerprint density at radius 3 is 2.13 bits per heavy atom. The lowest BCUT2D eigenvalue weighted by Crippen LogP contribution is -2.66. The van der Waals surface area contributed by atoms with Gasteiger partial charge in [0, 0.05) is 5.39 Å². The molecule has 0 radical (unpaired) electrons. The van der Waals surface area contributed by atoms with E-state index in [1.807, 2.05) is 42.5 Å².